The molecule has 1 fully saturated rings. The van der Waals surface area contributed by atoms with Crippen LogP contribution in [0.3, 0.4) is 0 Å². The van der Waals surface area contributed by atoms with E-state index in [0.717, 1.165) is 12.8 Å². The number of anilines is 1. The Bertz CT molecular complexity index is 908. The summed E-state index contributed by atoms with van der Waals surface area (Å²) in [5.41, 5.74) is 0.210. The molecule has 3 rings (SSSR count). The molecule has 4 nitrogen and oxygen atoms in total. The Kier molecular flexibility index (Phi) is 5.24. The first-order chi connectivity index (χ1) is 11.9. The molecule has 1 aliphatic carbocycles. The monoisotopic (exact) mass is 425 g/mol. The third kappa shape index (κ3) is 3.93. The molecule has 1 N–H and O–H groups in total. The van der Waals surface area contributed by atoms with Crippen LogP contribution in [0.5, 0.6) is 0 Å². The molecule has 7 heteroatoms. The van der Waals surface area contributed by atoms with Gasteiger partial charge < -0.3 is 5.32 Å². The van der Waals surface area contributed by atoms with Crippen LogP contribution in [0.15, 0.2) is 51.8 Å². The minimum Gasteiger partial charge on any atom is -0.322 e. The third-order valence-corrected chi connectivity index (χ3v) is 7.09. The summed E-state index contributed by atoms with van der Waals surface area (Å²) in [6.45, 7) is 0. The van der Waals surface area contributed by atoms with E-state index in [1.807, 2.05) is 0 Å². The van der Waals surface area contributed by atoms with Crippen molar-refractivity contribution < 1.29 is 17.6 Å². The number of rotatable bonds is 4. The molecule has 1 aliphatic rings. The van der Waals surface area contributed by atoms with Crippen molar-refractivity contribution in [3.63, 3.8) is 0 Å². The molecule has 0 unspecified atom stereocenters. The molecule has 0 aromatic heterocycles. The lowest BCUT2D eigenvalue weighted by Gasteiger charge is -2.13. The number of amides is 1. The van der Waals surface area contributed by atoms with Crippen LogP contribution in [-0.2, 0) is 9.84 Å². The number of hydrogen-bond donors (Lipinski definition) is 1. The first-order valence-electron chi connectivity index (χ1n) is 7.98. The van der Waals surface area contributed by atoms with Crippen LogP contribution in [0.25, 0.3) is 0 Å². The molecule has 0 bridgehead atoms. The second kappa shape index (κ2) is 7.25. The second-order valence-electron chi connectivity index (χ2n) is 6.06. The highest BCUT2D eigenvalue weighted by Crippen LogP contribution is 2.30. The highest BCUT2D eigenvalue weighted by Gasteiger charge is 2.30. The van der Waals surface area contributed by atoms with Gasteiger partial charge in [0.2, 0.25) is 0 Å². The predicted molar refractivity (Wildman–Crippen MR) is 97.9 cm³/mol. The zero-order chi connectivity index (χ0) is 18.0. The molecule has 1 amide bonds. The van der Waals surface area contributed by atoms with Gasteiger partial charge in [0.1, 0.15) is 5.82 Å². The van der Waals surface area contributed by atoms with Crippen LogP contribution in [0, 0.1) is 5.82 Å². The zero-order valence-electron chi connectivity index (χ0n) is 13.3. The van der Waals surface area contributed by atoms with Crippen molar-refractivity contribution in [2.75, 3.05) is 5.32 Å². The molecule has 132 valence electrons. The average Bonchev–Trinajstić information content (AvgIpc) is 3.12. The molecule has 0 aliphatic heterocycles. The van der Waals surface area contributed by atoms with Gasteiger partial charge in [0.05, 0.1) is 15.7 Å². The van der Waals surface area contributed by atoms with Crippen LogP contribution in [0.4, 0.5) is 10.1 Å². The highest BCUT2D eigenvalue weighted by molar-refractivity contribution is 9.10. The lowest BCUT2D eigenvalue weighted by molar-refractivity contribution is 0.102. The summed E-state index contributed by atoms with van der Waals surface area (Å²) in [7, 11) is -3.41. The molecular formula is C18H17BrFNO3S. The van der Waals surface area contributed by atoms with Crippen molar-refractivity contribution in [1.29, 1.82) is 0 Å². The molecule has 0 spiro atoms. The van der Waals surface area contributed by atoms with Crippen LogP contribution < -0.4 is 5.32 Å². The van der Waals surface area contributed by atoms with Gasteiger partial charge >= 0.3 is 0 Å². The second-order valence-corrected chi connectivity index (χ2v) is 9.20. The SMILES string of the molecule is O=C(Nc1cccc(S(=O)(=O)C2CCCC2)c1)c1cc(Br)ccc1F. The van der Waals surface area contributed by atoms with Crippen molar-refractivity contribution in [3.8, 4) is 0 Å². The highest BCUT2D eigenvalue weighted by atomic mass is 79.9. The summed E-state index contributed by atoms with van der Waals surface area (Å²) in [5, 5.41) is 2.20. The molecule has 0 radical (unpaired) electrons. The van der Waals surface area contributed by atoms with Crippen molar-refractivity contribution in [1.82, 2.24) is 0 Å². The summed E-state index contributed by atoms with van der Waals surface area (Å²) in [5.74, 6) is -1.27. The lowest BCUT2D eigenvalue weighted by atomic mass is 10.2. The quantitative estimate of drug-likeness (QED) is 0.780. The fraction of sp³-hybridized carbons (Fsp3) is 0.278. The van der Waals surface area contributed by atoms with E-state index in [1.54, 1.807) is 12.1 Å². The van der Waals surface area contributed by atoms with Gasteiger partial charge in [-0.1, -0.05) is 34.8 Å². The van der Waals surface area contributed by atoms with E-state index < -0.39 is 21.6 Å². The smallest absolute Gasteiger partial charge is 0.258 e. The van der Waals surface area contributed by atoms with Crippen LogP contribution >= 0.6 is 15.9 Å². The fourth-order valence-corrected chi connectivity index (χ4v) is 5.27. The predicted octanol–water partition coefficient (Wildman–Crippen LogP) is 4.56. The lowest BCUT2D eigenvalue weighted by Crippen LogP contribution is -2.18. The summed E-state index contributed by atoms with van der Waals surface area (Å²) >= 11 is 3.20. The van der Waals surface area contributed by atoms with Gasteiger partial charge in [-0.15, -0.1) is 0 Å². The molecule has 0 heterocycles. The Morgan fingerprint density at radius 2 is 1.84 bits per heavy atom. The minimum atomic E-state index is -3.41. The Morgan fingerprint density at radius 3 is 2.56 bits per heavy atom. The molecule has 25 heavy (non-hydrogen) atoms. The number of halogens is 2. The van der Waals surface area contributed by atoms with Crippen molar-refractivity contribution in [3.05, 3.63) is 58.3 Å². The molecule has 2 aromatic rings. The number of benzene rings is 2. The van der Waals surface area contributed by atoms with E-state index in [4.69, 9.17) is 0 Å². The van der Waals surface area contributed by atoms with Crippen molar-refractivity contribution in [2.45, 2.75) is 35.8 Å². The molecule has 0 saturated heterocycles. The van der Waals surface area contributed by atoms with Gasteiger partial charge in [0, 0.05) is 10.2 Å². The van der Waals surface area contributed by atoms with Gasteiger partial charge in [-0.3, -0.25) is 4.79 Å². The summed E-state index contributed by atoms with van der Waals surface area (Å²) in [6, 6.07) is 10.2. The fourth-order valence-electron chi connectivity index (χ4n) is 3.01. The standard InChI is InChI=1S/C18H17BrFNO3S/c19-12-8-9-17(20)16(10-12)18(22)21-13-4-3-7-15(11-13)25(23,24)14-5-1-2-6-14/h3-4,7-11,14H,1-2,5-6H2,(H,21,22). The Morgan fingerprint density at radius 1 is 1.12 bits per heavy atom. The third-order valence-electron chi connectivity index (χ3n) is 4.33. The Labute approximate surface area is 154 Å². The van der Waals surface area contributed by atoms with Gasteiger partial charge in [-0.05, 0) is 49.2 Å². The Balaban J connectivity index is 1.84. The first-order valence-corrected chi connectivity index (χ1v) is 10.3. The van der Waals surface area contributed by atoms with Crippen molar-refractivity contribution in [2.24, 2.45) is 0 Å². The zero-order valence-corrected chi connectivity index (χ0v) is 15.7. The van der Waals surface area contributed by atoms with Crippen LogP contribution in [0.2, 0.25) is 0 Å². The topological polar surface area (TPSA) is 63.2 Å². The van der Waals surface area contributed by atoms with Crippen molar-refractivity contribution >= 4 is 37.4 Å². The molecule has 1 saturated carbocycles. The average molecular weight is 426 g/mol. The van der Waals surface area contributed by atoms with E-state index in [2.05, 4.69) is 21.2 Å². The van der Waals surface area contributed by atoms with E-state index in [1.165, 1.54) is 30.3 Å². The van der Waals surface area contributed by atoms with Gasteiger partial charge in [0.15, 0.2) is 9.84 Å². The maximum absolute atomic E-state index is 13.8. The summed E-state index contributed by atoms with van der Waals surface area (Å²) in [4.78, 5) is 12.5. The van der Waals surface area contributed by atoms with Gasteiger partial charge in [-0.2, -0.15) is 0 Å². The number of carbonyl (C=O) groups is 1. The Hall–Kier alpha value is -1.73. The number of hydrogen-bond acceptors (Lipinski definition) is 3. The van der Waals surface area contributed by atoms with Gasteiger partial charge in [0.25, 0.3) is 5.91 Å². The van der Waals surface area contributed by atoms with Crippen LogP contribution in [-0.4, -0.2) is 19.6 Å². The maximum atomic E-state index is 13.8. The molecular weight excluding hydrogens is 409 g/mol. The van der Waals surface area contributed by atoms with E-state index in [9.17, 15) is 17.6 Å². The number of carbonyl (C=O) groups excluding carboxylic acids is 1. The molecule has 0 atom stereocenters. The summed E-state index contributed by atoms with van der Waals surface area (Å²) < 4.78 is 39.7. The van der Waals surface area contributed by atoms with E-state index in [0.29, 0.717) is 23.0 Å². The molecule has 2 aromatic carbocycles. The number of nitrogens with one attached hydrogen (secondary N) is 1. The summed E-state index contributed by atoms with van der Waals surface area (Å²) in [6.07, 6.45) is 3.18. The minimum absolute atomic E-state index is 0.113. The van der Waals surface area contributed by atoms with Gasteiger partial charge in [-0.25, -0.2) is 12.8 Å². The van der Waals surface area contributed by atoms with E-state index >= 15 is 0 Å². The first kappa shape index (κ1) is 18.1. The van der Waals surface area contributed by atoms with E-state index in [-0.39, 0.29) is 15.7 Å². The van der Waals surface area contributed by atoms with Crippen LogP contribution in [0.1, 0.15) is 36.0 Å². The number of sulfone groups is 1. The largest absolute Gasteiger partial charge is 0.322 e. The normalized spacial score (nSPS) is 15.3. The maximum Gasteiger partial charge on any atom is 0.258 e.